The van der Waals surface area contributed by atoms with Crippen LogP contribution in [0.4, 0.5) is 5.69 Å². The summed E-state index contributed by atoms with van der Waals surface area (Å²) in [5, 5.41) is 9.75. The van der Waals surface area contributed by atoms with Crippen LogP contribution in [0.1, 0.15) is 38.0 Å². The molecule has 0 aromatic carbocycles. The van der Waals surface area contributed by atoms with Crippen LogP contribution in [0.3, 0.4) is 0 Å². The van der Waals surface area contributed by atoms with E-state index in [0.29, 0.717) is 12.3 Å². The van der Waals surface area contributed by atoms with Gasteiger partial charge in [0, 0.05) is 20.2 Å². The van der Waals surface area contributed by atoms with Crippen molar-refractivity contribution in [2.45, 2.75) is 32.3 Å². The zero-order valence-electron chi connectivity index (χ0n) is 11.9. The number of hydrogen-bond acceptors (Lipinski definition) is 4. The Morgan fingerprint density at radius 3 is 3.00 bits per heavy atom. The van der Waals surface area contributed by atoms with Crippen LogP contribution in [0.25, 0.3) is 0 Å². The minimum Gasteiger partial charge on any atom is -0.387 e. The van der Waals surface area contributed by atoms with Crippen molar-refractivity contribution < 1.29 is 9.84 Å². The molecule has 19 heavy (non-hydrogen) atoms. The van der Waals surface area contributed by atoms with Crippen LogP contribution in [0, 0.1) is 5.92 Å². The van der Waals surface area contributed by atoms with E-state index < -0.39 is 6.10 Å². The number of aliphatic hydroxyl groups is 1. The average molecular weight is 264 g/mol. The van der Waals surface area contributed by atoms with Gasteiger partial charge < -0.3 is 14.7 Å². The molecule has 0 spiro atoms. The minimum atomic E-state index is -0.448. The molecule has 4 nitrogen and oxygen atoms in total. The van der Waals surface area contributed by atoms with E-state index in [1.807, 2.05) is 19.2 Å². The van der Waals surface area contributed by atoms with E-state index in [1.165, 1.54) is 12.8 Å². The van der Waals surface area contributed by atoms with Gasteiger partial charge in [-0.1, -0.05) is 6.92 Å². The summed E-state index contributed by atoms with van der Waals surface area (Å²) in [5.74, 6) is 0.611. The number of ether oxygens (including phenoxy) is 1. The molecular weight excluding hydrogens is 240 g/mol. The van der Waals surface area contributed by atoms with E-state index in [2.05, 4.69) is 16.0 Å². The molecule has 0 saturated carbocycles. The molecule has 1 fully saturated rings. The van der Waals surface area contributed by atoms with Gasteiger partial charge in [-0.3, -0.25) is 4.98 Å². The van der Waals surface area contributed by atoms with Crippen LogP contribution in [-0.4, -0.2) is 36.9 Å². The monoisotopic (exact) mass is 264 g/mol. The van der Waals surface area contributed by atoms with Gasteiger partial charge in [-0.05, 0) is 37.3 Å². The first-order chi connectivity index (χ1) is 9.24. The second-order valence-corrected chi connectivity index (χ2v) is 5.27. The highest BCUT2D eigenvalue weighted by atomic mass is 16.5. The SMILES string of the molecule is CCC(O)c1ccc(N2CCCC(COC)C2)cn1. The molecule has 1 aromatic rings. The highest BCUT2D eigenvalue weighted by Crippen LogP contribution is 2.24. The molecule has 2 rings (SSSR count). The molecule has 1 aliphatic heterocycles. The highest BCUT2D eigenvalue weighted by molar-refractivity contribution is 5.45. The number of nitrogens with zero attached hydrogens (tertiary/aromatic N) is 2. The summed E-state index contributed by atoms with van der Waals surface area (Å²) in [7, 11) is 1.77. The second kappa shape index (κ2) is 6.87. The van der Waals surface area contributed by atoms with Gasteiger partial charge in [-0.25, -0.2) is 0 Å². The maximum atomic E-state index is 9.75. The van der Waals surface area contributed by atoms with Crippen LogP contribution < -0.4 is 4.90 Å². The lowest BCUT2D eigenvalue weighted by atomic mass is 9.98. The van der Waals surface area contributed by atoms with Gasteiger partial charge >= 0.3 is 0 Å². The lowest BCUT2D eigenvalue weighted by molar-refractivity contribution is 0.143. The smallest absolute Gasteiger partial charge is 0.0957 e. The fourth-order valence-electron chi connectivity index (χ4n) is 2.66. The van der Waals surface area contributed by atoms with Crippen LogP contribution in [0.2, 0.25) is 0 Å². The molecule has 0 radical (unpaired) electrons. The number of piperidine rings is 1. The van der Waals surface area contributed by atoms with Crippen LogP contribution in [0.15, 0.2) is 18.3 Å². The number of rotatable bonds is 5. The minimum absolute atomic E-state index is 0.448. The van der Waals surface area contributed by atoms with Crippen molar-refractivity contribution in [2.24, 2.45) is 5.92 Å². The van der Waals surface area contributed by atoms with Gasteiger partial charge in [0.25, 0.3) is 0 Å². The number of aliphatic hydroxyl groups excluding tert-OH is 1. The van der Waals surface area contributed by atoms with Gasteiger partial charge in [0.1, 0.15) is 0 Å². The maximum absolute atomic E-state index is 9.75. The summed E-state index contributed by atoms with van der Waals surface area (Å²) in [4.78, 5) is 6.74. The molecule has 2 heterocycles. The number of methoxy groups -OCH3 is 1. The summed E-state index contributed by atoms with van der Waals surface area (Å²) in [6.07, 6.45) is 4.57. The summed E-state index contributed by atoms with van der Waals surface area (Å²) in [6, 6.07) is 4.00. The Morgan fingerprint density at radius 2 is 2.37 bits per heavy atom. The normalized spacial score (nSPS) is 21.4. The van der Waals surface area contributed by atoms with E-state index in [-0.39, 0.29) is 0 Å². The molecule has 0 bridgehead atoms. The van der Waals surface area contributed by atoms with E-state index >= 15 is 0 Å². The third-order valence-electron chi connectivity index (χ3n) is 3.79. The van der Waals surface area contributed by atoms with Crippen molar-refractivity contribution in [1.29, 1.82) is 0 Å². The molecule has 1 aromatic heterocycles. The standard InChI is InChI=1S/C15H24N2O2/c1-3-15(18)14-7-6-13(9-16-14)17-8-4-5-12(10-17)11-19-2/h6-7,9,12,15,18H,3-5,8,10-11H2,1-2H3. The zero-order chi connectivity index (χ0) is 13.7. The Morgan fingerprint density at radius 1 is 1.53 bits per heavy atom. The van der Waals surface area contributed by atoms with Crippen molar-refractivity contribution in [3.05, 3.63) is 24.0 Å². The summed E-state index contributed by atoms with van der Waals surface area (Å²) < 4.78 is 5.26. The number of hydrogen-bond donors (Lipinski definition) is 1. The van der Waals surface area contributed by atoms with Crippen LogP contribution in [0.5, 0.6) is 0 Å². The predicted molar refractivity (Wildman–Crippen MR) is 76.3 cm³/mol. The van der Waals surface area contributed by atoms with Crippen LogP contribution >= 0.6 is 0 Å². The predicted octanol–water partition coefficient (Wildman–Crippen LogP) is 2.39. The topological polar surface area (TPSA) is 45.6 Å². The van der Waals surface area contributed by atoms with Crippen molar-refractivity contribution >= 4 is 5.69 Å². The number of anilines is 1. The third-order valence-corrected chi connectivity index (χ3v) is 3.79. The zero-order valence-corrected chi connectivity index (χ0v) is 11.9. The first-order valence-electron chi connectivity index (χ1n) is 7.12. The second-order valence-electron chi connectivity index (χ2n) is 5.27. The van der Waals surface area contributed by atoms with E-state index in [9.17, 15) is 5.11 Å². The van der Waals surface area contributed by atoms with Gasteiger partial charge in [-0.2, -0.15) is 0 Å². The van der Waals surface area contributed by atoms with Crippen molar-refractivity contribution in [3.8, 4) is 0 Å². The van der Waals surface area contributed by atoms with E-state index in [4.69, 9.17) is 4.74 Å². The van der Waals surface area contributed by atoms with Gasteiger partial charge in [-0.15, -0.1) is 0 Å². The van der Waals surface area contributed by atoms with Crippen LogP contribution in [-0.2, 0) is 4.74 Å². The Balaban J connectivity index is 2.01. The molecule has 1 N–H and O–H groups in total. The van der Waals surface area contributed by atoms with Crippen molar-refractivity contribution in [3.63, 3.8) is 0 Å². The molecule has 2 atom stereocenters. The Hall–Kier alpha value is -1.13. The summed E-state index contributed by atoms with van der Waals surface area (Å²) in [6.45, 7) is 4.90. The third kappa shape index (κ3) is 3.67. The molecule has 2 unspecified atom stereocenters. The molecular formula is C15H24N2O2. The van der Waals surface area contributed by atoms with E-state index in [0.717, 1.165) is 31.1 Å². The molecule has 106 valence electrons. The fraction of sp³-hybridized carbons (Fsp3) is 0.667. The quantitative estimate of drug-likeness (QED) is 0.887. The fourth-order valence-corrected chi connectivity index (χ4v) is 2.66. The van der Waals surface area contributed by atoms with Crippen molar-refractivity contribution in [1.82, 2.24) is 4.98 Å². The molecule has 1 saturated heterocycles. The summed E-state index contributed by atoms with van der Waals surface area (Å²) >= 11 is 0. The van der Waals surface area contributed by atoms with Gasteiger partial charge in [0.15, 0.2) is 0 Å². The summed E-state index contributed by atoms with van der Waals surface area (Å²) in [5.41, 5.74) is 1.91. The molecule has 4 heteroatoms. The Bertz CT molecular complexity index is 378. The largest absolute Gasteiger partial charge is 0.387 e. The highest BCUT2D eigenvalue weighted by Gasteiger charge is 2.20. The Kier molecular flexibility index (Phi) is 5.16. The lowest BCUT2D eigenvalue weighted by Crippen LogP contribution is -2.37. The van der Waals surface area contributed by atoms with E-state index in [1.54, 1.807) is 7.11 Å². The molecule has 0 aliphatic carbocycles. The Labute approximate surface area is 115 Å². The number of aromatic nitrogens is 1. The molecule has 1 aliphatic rings. The first kappa shape index (κ1) is 14.3. The number of pyridine rings is 1. The maximum Gasteiger partial charge on any atom is 0.0957 e. The van der Waals surface area contributed by atoms with Gasteiger partial charge in [0.05, 0.1) is 30.3 Å². The first-order valence-corrected chi connectivity index (χ1v) is 7.12. The van der Waals surface area contributed by atoms with Gasteiger partial charge in [0.2, 0.25) is 0 Å². The molecule has 0 amide bonds. The van der Waals surface area contributed by atoms with Crippen molar-refractivity contribution in [2.75, 3.05) is 31.7 Å². The lowest BCUT2D eigenvalue weighted by Gasteiger charge is -2.34. The average Bonchev–Trinajstić information content (AvgIpc) is 2.47.